The Hall–Kier alpha value is -3.72. The third kappa shape index (κ3) is 5.75. The van der Waals surface area contributed by atoms with Crippen LogP contribution in [0.15, 0.2) is 64.6 Å². The van der Waals surface area contributed by atoms with Gasteiger partial charge < -0.3 is 15.5 Å². The predicted octanol–water partition coefficient (Wildman–Crippen LogP) is 3.95. The summed E-state index contributed by atoms with van der Waals surface area (Å²) in [6.07, 6.45) is 0.0253. The quantitative estimate of drug-likeness (QED) is 0.539. The Bertz CT molecular complexity index is 1190. The van der Waals surface area contributed by atoms with Gasteiger partial charge in [0.15, 0.2) is 5.16 Å². The summed E-state index contributed by atoms with van der Waals surface area (Å²) in [6.45, 7) is 3.81. The van der Waals surface area contributed by atoms with Crippen LogP contribution in [0.2, 0.25) is 0 Å². The fourth-order valence-electron chi connectivity index (χ4n) is 3.49. The highest BCUT2D eigenvalue weighted by molar-refractivity contribution is 7.99. The average Bonchev–Trinajstić information content (AvgIpc) is 2.77. The number of carbonyl (C=O) groups excluding carboxylic acids is 3. The summed E-state index contributed by atoms with van der Waals surface area (Å²) < 4.78 is 0. The van der Waals surface area contributed by atoms with Crippen LogP contribution >= 0.6 is 11.8 Å². The van der Waals surface area contributed by atoms with E-state index in [4.69, 9.17) is 0 Å². The molecule has 2 heterocycles. The monoisotopic (exact) mass is 461 g/mol. The Balaban J connectivity index is 1.31. The number of fused-ring (bicyclic) bond motifs is 1. The second kappa shape index (κ2) is 9.83. The molecule has 0 saturated heterocycles. The number of carbonyl (C=O) groups is 3. The van der Waals surface area contributed by atoms with Crippen molar-refractivity contribution in [1.82, 2.24) is 9.97 Å². The first-order chi connectivity index (χ1) is 15.9. The maximum atomic E-state index is 12.7. The Morgan fingerprint density at radius 2 is 1.73 bits per heavy atom. The number of anilines is 3. The first kappa shape index (κ1) is 22.5. The molecule has 0 radical (unpaired) electrons. The molecule has 0 fully saturated rings. The number of nitrogens with zero attached hydrogens (tertiary/aromatic N) is 3. The molecular weight excluding hydrogens is 438 g/mol. The van der Waals surface area contributed by atoms with Crippen LogP contribution < -0.4 is 15.5 Å². The molecule has 0 spiro atoms. The van der Waals surface area contributed by atoms with Crippen LogP contribution in [0.25, 0.3) is 0 Å². The molecule has 1 aromatic heterocycles. The number of hydrogen-bond donors (Lipinski definition) is 2. The first-order valence-electron chi connectivity index (χ1n) is 10.5. The zero-order chi connectivity index (χ0) is 23.4. The lowest BCUT2D eigenvalue weighted by Gasteiger charge is -2.29. The zero-order valence-electron chi connectivity index (χ0n) is 18.3. The molecule has 168 valence electrons. The Morgan fingerprint density at radius 3 is 2.45 bits per heavy atom. The van der Waals surface area contributed by atoms with Crippen molar-refractivity contribution in [2.24, 2.45) is 0 Å². The Morgan fingerprint density at radius 1 is 1.03 bits per heavy atom. The lowest BCUT2D eigenvalue weighted by atomic mass is 10.1. The molecule has 2 N–H and O–H groups in total. The lowest BCUT2D eigenvalue weighted by Crippen LogP contribution is -2.42. The van der Waals surface area contributed by atoms with Gasteiger partial charge in [-0.15, -0.1) is 0 Å². The van der Waals surface area contributed by atoms with E-state index in [1.807, 2.05) is 32.0 Å². The normalized spacial score (nSPS) is 12.7. The van der Waals surface area contributed by atoms with Crippen LogP contribution in [0.5, 0.6) is 0 Å². The van der Waals surface area contributed by atoms with Gasteiger partial charge in [0, 0.05) is 34.8 Å². The van der Waals surface area contributed by atoms with Crippen molar-refractivity contribution >= 4 is 46.5 Å². The highest BCUT2D eigenvalue weighted by atomic mass is 32.2. The van der Waals surface area contributed by atoms with Crippen molar-refractivity contribution in [2.75, 3.05) is 22.1 Å². The molecule has 33 heavy (non-hydrogen) atoms. The maximum absolute atomic E-state index is 12.7. The molecule has 3 amide bonds. The number of nitrogens with one attached hydrogen (secondary N) is 2. The van der Waals surface area contributed by atoms with Crippen molar-refractivity contribution in [2.45, 2.75) is 36.7 Å². The van der Waals surface area contributed by atoms with E-state index in [0.29, 0.717) is 22.2 Å². The maximum Gasteiger partial charge on any atom is 0.244 e. The van der Waals surface area contributed by atoms with Gasteiger partial charge in [-0.05, 0) is 68.1 Å². The van der Waals surface area contributed by atoms with Crippen LogP contribution in [0.3, 0.4) is 0 Å². The predicted molar refractivity (Wildman–Crippen MR) is 127 cm³/mol. The van der Waals surface area contributed by atoms with E-state index in [0.717, 1.165) is 16.3 Å². The minimum Gasteiger partial charge on any atom is -0.326 e. The van der Waals surface area contributed by atoms with E-state index in [2.05, 4.69) is 20.6 Å². The van der Waals surface area contributed by atoms with Crippen LogP contribution in [0.1, 0.15) is 24.2 Å². The van der Waals surface area contributed by atoms with Gasteiger partial charge in [-0.2, -0.15) is 0 Å². The summed E-state index contributed by atoms with van der Waals surface area (Å²) in [6, 6.07) is 16.4. The Labute approximate surface area is 195 Å². The third-order valence-electron chi connectivity index (χ3n) is 4.95. The smallest absolute Gasteiger partial charge is 0.244 e. The van der Waals surface area contributed by atoms with Crippen molar-refractivity contribution in [3.63, 3.8) is 0 Å². The molecule has 3 aromatic rings. The van der Waals surface area contributed by atoms with Gasteiger partial charge in [-0.25, -0.2) is 9.97 Å². The summed E-state index contributed by atoms with van der Waals surface area (Å²) in [5, 5.41) is 6.23. The molecule has 0 unspecified atom stereocenters. The molecule has 0 atom stereocenters. The summed E-state index contributed by atoms with van der Waals surface area (Å²) in [5.74, 6) is -0.792. The molecule has 2 aromatic carbocycles. The number of amides is 3. The summed E-state index contributed by atoms with van der Waals surface area (Å²) >= 11 is 1.45. The minimum absolute atomic E-state index is 0.00539. The van der Waals surface area contributed by atoms with E-state index >= 15 is 0 Å². The van der Waals surface area contributed by atoms with Gasteiger partial charge in [-0.1, -0.05) is 12.1 Å². The summed E-state index contributed by atoms with van der Waals surface area (Å²) in [5.41, 5.74) is 3.70. The summed E-state index contributed by atoms with van der Waals surface area (Å²) in [4.78, 5) is 48.2. The van der Waals surface area contributed by atoms with Crippen LogP contribution in [-0.4, -0.2) is 34.2 Å². The van der Waals surface area contributed by atoms with Crippen molar-refractivity contribution in [3.05, 3.63) is 66.0 Å². The summed E-state index contributed by atoms with van der Waals surface area (Å²) in [7, 11) is 0. The molecule has 1 aliphatic rings. The van der Waals surface area contributed by atoms with E-state index in [9.17, 15) is 14.4 Å². The molecular formula is C24H23N5O3S. The molecule has 0 aliphatic carbocycles. The highest BCUT2D eigenvalue weighted by Gasteiger charge is 2.26. The topological polar surface area (TPSA) is 104 Å². The Kier molecular flexibility index (Phi) is 6.69. The molecule has 4 rings (SSSR count). The number of aryl methyl sites for hydroxylation is 2. The SMILES string of the molecule is Cc1cc(C)nc(Sc2ccc(NC(=O)CCC(=O)N3CC(=O)Nc4ccccc43)cc2)n1. The zero-order valence-corrected chi connectivity index (χ0v) is 19.1. The standard InChI is InChI=1S/C24H23N5O3S/c1-15-13-16(2)26-24(25-15)33-18-9-7-17(8-10-18)27-21(30)11-12-23(32)29-14-22(31)28-19-5-3-4-6-20(19)29/h3-10,13H,11-12,14H2,1-2H3,(H,27,30)(H,28,31). The van der Waals surface area contributed by atoms with Gasteiger partial charge in [0.05, 0.1) is 11.4 Å². The van der Waals surface area contributed by atoms with E-state index in [1.165, 1.54) is 16.7 Å². The van der Waals surface area contributed by atoms with E-state index < -0.39 is 0 Å². The minimum atomic E-state index is -0.271. The number of hydrogen-bond acceptors (Lipinski definition) is 6. The van der Waals surface area contributed by atoms with Crippen molar-refractivity contribution in [1.29, 1.82) is 0 Å². The largest absolute Gasteiger partial charge is 0.326 e. The van der Waals surface area contributed by atoms with Gasteiger partial charge in [0.2, 0.25) is 17.7 Å². The first-order valence-corrected chi connectivity index (χ1v) is 11.3. The van der Waals surface area contributed by atoms with Crippen molar-refractivity contribution < 1.29 is 14.4 Å². The van der Waals surface area contributed by atoms with Gasteiger partial charge >= 0.3 is 0 Å². The fourth-order valence-corrected chi connectivity index (χ4v) is 4.35. The van der Waals surface area contributed by atoms with Gasteiger partial charge in [0.1, 0.15) is 6.54 Å². The van der Waals surface area contributed by atoms with E-state index in [-0.39, 0.29) is 37.1 Å². The van der Waals surface area contributed by atoms with Gasteiger partial charge in [0.25, 0.3) is 0 Å². The van der Waals surface area contributed by atoms with Gasteiger partial charge in [-0.3, -0.25) is 14.4 Å². The third-order valence-corrected chi connectivity index (χ3v) is 5.82. The molecule has 8 nitrogen and oxygen atoms in total. The molecule has 1 aliphatic heterocycles. The average molecular weight is 462 g/mol. The number of rotatable bonds is 6. The van der Waals surface area contributed by atoms with Crippen molar-refractivity contribution in [3.8, 4) is 0 Å². The number of para-hydroxylation sites is 2. The fraction of sp³-hybridized carbons (Fsp3) is 0.208. The molecule has 0 bridgehead atoms. The number of benzene rings is 2. The molecule has 0 saturated carbocycles. The highest BCUT2D eigenvalue weighted by Crippen LogP contribution is 2.29. The van der Waals surface area contributed by atoms with Crippen LogP contribution in [-0.2, 0) is 14.4 Å². The van der Waals surface area contributed by atoms with Crippen LogP contribution in [0.4, 0.5) is 17.1 Å². The van der Waals surface area contributed by atoms with E-state index in [1.54, 1.807) is 36.4 Å². The number of aromatic nitrogens is 2. The lowest BCUT2D eigenvalue weighted by molar-refractivity contribution is -0.124. The second-order valence-electron chi connectivity index (χ2n) is 7.65. The second-order valence-corrected chi connectivity index (χ2v) is 8.69. The van der Waals surface area contributed by atoms with Crippen LogP contribution in [0, 0.1) is 13.8 Å². The molecule has 9 heteroatoms.